The first-order valence-corrected chi connectivity index (χ1v) is 12.1. The number of hydrogen-bond donors (Lipinski definition) is 0. The van der Waals surface area contributed by atoms with E-state index in [9.17, 15) is 17.6 Å². The SMILES string of the molecule is CS(=O)(=O)c1ccc(C(=O)N2CCN(Cc3csc(-c4ccc(F)cc4)n3)CC2)o1. The molecule has 0 radical (unpaired) electrons. The zero-order valence-electron chi connectivity index (χ0n) is 16.2. The second-order valence-electron chi connectivity index (χ2n) is 7.11. The summed E-state index contributed by atoms with van der Waals surface area (Å²) in [6.07, 6.45) is 1.04. The van der Waals surface area contributed by atoms with Crippen molar-refractivity contribution in [3.63, 3.8) is 0 Å². The Balaban J connectivity index is 1.33. The van der Waals surface area contributed by atoms with E-state index < -0.39 is 9.84 Å². The summed E-state index contributed by atoms with van der Waals surface area (Å²) in [4.78, 5) is 21.1. The summed E-state index contributed by atoms with van der Waals surface area (Å²) in [5.41, 5.74) is 1.82. The van der Waals surface area contributed by atoms with E-state index in [1.807, 2.05) is 5.38 Å². The summed E-state index contributed by atoms with van der Waals surface area (Å²) in [7, 11) is -3.48. The molecule has 0 atom stereocenters. The van der Waals surface area contributed by atoms with Crippen molar-refractivity contribution in [1.82, 2.24) is 14.8 Å². The van der Waals surface area contributed by atoms with Crippen LogP contribution in [0.1, 0.15) is 16.2 Å². The third kappa shape index (κ3) is 4.61. The molecule has 1 aromatic carbocycles. The van der Waals surface area contributed by atoms with E-state index in [2.05, 4.69) is 9.88 Å². The number of rotatable bonds is 5. The number of piperazine rings is 1. The number of carbonyl (C=O) groups is 1. The van der Waals surface area contributed by atoms with Gasteiger partial charge in [0.15, 0.2) is 5.76 Å². The monoisotopic (exact) mass is 449 g/mol. The van der Waals surface area contributed by atoms with Gasteiger partial charge in [-0.2, -0.15) is 0 Å². The molecule has 10 heteroatoms. The molecule has 0 saturated carbocycles. The first kappa shape index (κ1) is 20.7. The lowest BCUT2D eigenvalue weighted by molar-refractivity contribution is 0.0591. The molecule has 3 aromatic rings. The van der Waals surface area contributed by atoms with Crippen molar-refractivity contribution in [3.8, 4) is 10.6 Å². The number of aromatic nitrogens is 1. The molecule has 3 heterocycles. The number of amides is 1. The number of thiazole rings is 1. The number of nitrogens with zero attached hydrogens (tertiary/aromatic N) is 3. The normalized spacial score (nSPS) is 15.5. The van der Waals surface area contributed by atoms with Crippen molar-refractivity contribution >= 4 is 27.1 Å². The maximum atomic E-state index is 13.1. The number of benzene rings is 1. The van der Waals surface area contributed by atoms with E-state index in [4.69, 9.17) is 4.42 Å². The predicted molar refractivity (Wildman–Crippen MR) is 111 cm³/mol. The molecule has 4 rings (SSSR count). The molecule has 1 aliphatic rings. The van der Waals surface area contributed by atoms with Crippen LogP contribution < -0.4 is 0 Å². The first-order chi connectivity index (χ1) is 14.3. The van der Waals surface area contributed by atoms with Crippen LogP contribution in [-0.2, 0) is 16.4 Å². The fourth-order valence-corrected chi connectivity index (χ4v) is 4.61. The Morgan fingerprint density at radius 3 is 2.47 bits per heavy atom. The van der Waals surface area contributed by atoms with Gasteiger partial charge >= 0.3 is 0 Å². The molecule has 0 unspecified atom stereocenters. The van der Waals surface area contributed by atoms with Gasteiger partial charge in [0.25, 0.3) is 5.91 Å². The summed E-state index contributed by atoms with van der Waals surface area (Å²) < 4.78 is 41.3. The minimum Gasteiger partial charge on any atom is -0.440 e. The highest BCUT2D eigenvalue weighted by atomic mass is 32.2. The van der Waals surface area contributed by atoms with Crippen LogP contribution in [0.2, 0.25) is 0 Å². The summed E-state index contributed by atoms with van der Waals surface area (Å²) >= 11 is 1.52. The Labute approximate surface area is 177 Å². The molecule has 7 nitrogen and oxygen atoms in total. The third-order valence-corrected chi connectivity index (χ3v) is 6.74. The van der Waals surface area contributed by atoms with Gasteiger partial charge in [-0.3, -0.25) is 9.69 Å². The summed E-state index contributed by atoms with van der Waals surface area (Å²) in [6, 6.07) is 8.98. The highest BCUT2D eigenvalue weighted by molar-refractivity contribution is 7.90. The lowest BCUT2D eigenvalue weighted by Gasteiger charge is -2.33. The fraction of sp³-hybridized carbons (Fsp3) is 0.300. The largest absolute Gasteiger partial charge is 0.440 e. The van der Waals surface area contributed by atoms with Gasteiger partial charge in [-0.25, -0.2) is 17.8 Å². The molecule has 1 fully saturated rings. The minimum absolute atomic E-state index is 0.0346. The summed E-state index contributed by atoms with van der Waals surface area (Å²) in [5.74, 6) is -0.547. The topological polar surface area (TPSA) is 83.7 Å². The van der Waals surface area contributed by atoms with Gasteiger partial charge in [0.05, 0.1) is 5.69 Å². The Morgan fingerprint density at radius 1 is 1.13 bits per heavy atom. The number of halogens is 1. The van der Waals surface area contributed by atoms with Gasteiger partial charge < -0.3 is 9.32 Å². The predicted octanol–water partition coefficient (Wildman–Crippen LogP) is 2.90. The van der Waals surface area contributed by atoms with Gasteiger partial charge in [-0.1, -0.05) is 0 Å². The molecule has 30 heavy (non-hydrogen) atoms. The average molecular weight is 450 g/mol. The van der Waals surface area contributed by atoms with Crippen molar-refractivity contribution in [1.29, 1.82) is 0 Å². The van der Waals surface area contributed by atoms with Gasteiger partial charge in [0, 0.05) is 49.9 Å². The summed E-state index contributed by atoms with van der Waals surface area (Å²) in [5, 5.41) is 2.63. The number of hydrogen-bond acceptors (Lipinski definition) is 7. The van der Waals surface area contributed by atoms with E-state index in [-0.39, 0.29) is 22.6 Å². The smallest absolute Gasteiger partial charge is 0.289 e. The second-order valence-corrected chi connectivity index (χ2v) is 9.91. The maximum absolute atomic E-state index is 13.1. The zero-order valence-corrected chi connectivity index (χ0v) is 17.9. The van der Waals surface area contributed by atoms with Crippen LogP contribution >= 0.6 is 11.3 Å². The van der Waals surface area contributed by atoms with Gasteiger partial charge in [0.2, 0.25) is 14.9 Å². The molecule has 1 saturated heterocycles. The van der Waals surface area contributed by atoms with Crippen molar-refractivity contribution in [2.75, 3.05) is 32.4 Å². The van der Waals surface area contributed by atoms with E-state index in [0.717, 1.165) is 22.5 Å². The summed E-state index contributed by atoms with van der Waals surface area (Å²) in [6.45, 7) is 3.05. The minimum atomic E-state index is -3.48. The van der Waals surface area contributed by atoms with Crippen LogP contribution in [0.3, 0.4) is 0 Å². The first-order valence-electron chi connectivity index (χ1n) is 9.31. The molecule has 0 aliphatic carbocycles. The van der Waals surface area contributed by atoms with Crippen molar-refractivity contribution in [2.45, 2.75) is 11.6 Å². The molecule has 2 aromatic heterocycles. The molecular weight excluding hydrogens is 429 g/mol. The molecule has 0 N–H and O–H groups in total. The van der Waals surface area contributed by atoms with Crippen molar-refractivity contribution in [2.24, 2.45) is 0 Å². The Kier molecular flexibility index (Phi) is 5.72. The van der Waals surface area contributed by atoms with Crippen LogP contribution in [0.4, 0.5) is 4.39 Å². The molecule has 1 amide bonds. The molecular formula is C20H20FN3O4S2. The Hall–Kier alpha value is -2.56. The lowest BCUT2D eigenvalue weighted by atomic mass is 10.2. The highest BCUT2D eigenvalue weighted by Crippen LogP contribution is 2.25. The molecule has 158 valence electrons. The van der Waals surface area contributed by atoms with Crippen LogP contribution in [0.25, 0.3) is 10.6 Å². The van der Waals surface area contributed by atoms with Gasteiger partial charge in [0.1, 0.15) is 10.8 Å². The van der Waals surface area contributed by atoms with E-state index in [0.29, 0.717) is 32.7 Å². The quantitative estimate of drug-likeness (QED) is 0.596. The van der Waals surface area contributed by atoms with Crippen LogP contribution in [-0.4, -0.2) is 61.5 Å². The highest BCUT2D eigenvalue weighted by Gasteiger charge is 2.26. The maximum Gasteiger partial charge on any atom is 0.289 e. The van der Waals surface area contributed by atoms with Crippen molar-refractivity contribution < 1.29 is 22.0 Å². The molecule has 0 bridgehead atoms. The Morgan fingerprint density at radius 2 is 1.83 bits per heavy atom. The zero-order chi connectivity index (χ0) is 21.3. The second kappa shape index (κ2) is 8.29. The van der Waals surface area contributed by atoms with Crippen LogP contribution in [0.15, 0.2) is 51.3 Å². The van der Waals surface area contributed by atoms with E-state index in [1.54, 1.807) is 17.0 Å². The van der Waals surface area contributed by atoms with Crippen LogP contribution in [0.5, 0.6) is 0 Å². The fourth-order valence-electron chi connectivity index (χ4n) is 3.23. The molecule has 0 spiro atoms. The standard InChI is InChI=1S/C20H20FN3O4S2/c1-30(26,27)18-7-6-17(28-18)20(25)24-10-8-23(9-11-24)12-16-13-29-19(22-16)14-2-4-15(21)5-3-14/h2-7,13H,8-12H2,1H3. The lowest BCUT2D eigenvalue weighted by Crippen LogP contribution is -2.48. The van der Waals surface area contributed by atoms with Crippen LogP contribution in [0, 0.1) is 5.82 Å². The number of carbonyl (C=O) groups excluding carboxylic acids is 1. The average Bonchev–Trinajstić information content (AvgIpc) is 3.38. The van der Waals surface area contributed by atoms with Crippen molar-refractivity contribution in [3.05, 3.63) is 59.0 Å². The third-order valence-electron chi connectivity index (χ3n) is 4.85. The number of sulfone groups is 1. The van der Waals surface area contributed by atoms with Gasteiger partial charge in [-0.15, -0.1) is 11.3 Å². The number of furan rings is 1. The van der Waals surface area contributed by atoms with Gasteiger partial charge in [-0.05, 0) is 36.4 Å². The van der Waals surface area contributed by atoms with E-state index in [1.165, 1.54) is 35.6 Å². The molecule has 1 aliphatic heterocycles. The Bertz CT molecular complexity index is 1150. The van der Waals surface area contributed by atoms with E-state index >= 15 is 0 Å².